The second-order valence-electron chi connectivity index (χ2n) is 8.93. The number of pyridine rings is 1. The van der Waals surface area contributed by atoms with Crippen molar-refractivity contribution in [1.29, 1.82) is 0 Å². The number of piperazine rings is 1. The summed E-state index contributed by atoms with van der Waals surface area (Å²) in [5.74, 6) is 1.45. The fourth-order valence-corrected chi connectivity index (χ4v) is 5.10. The van der Waals surface area contributed by atoms with Gasteiger partial charge in [-0.05, 0) is 37.3 Å². The van der Waals surface area contributed by atoms with Crippen LogP contribution >= 0.6 is 0 Å². The highest BCUT2D eigenvalue weighted by molar-refractivity contribution is 5.78. The van der Waals surface area contributed by atoms with Crippen molar-refractivity contribution in [2.45, 2.75) is 51.1 Å². The maximum atomic E-state index is 12.8. The van der Waals surface area contributed by atoms with Crippen molar-refractivity contribution in [3.63, 3.8) is 0 Å². The summed E-state index contributed by atoms with van der Waals surface area (Å²) in [5, 5.41) is 0. The number of rotatable bonds is 4. The third kappa shape index (κ3) is 3.77. The molecule has 1 aliphatic carbocycles. The van der Waals surface area contributed by atoms with E-state index in [1.165, 1.54) is 43.4 Å². The summed E-state index contributed by atoms with van der Waals surface area (Å²) in [6.45, 7) is 8.55. The molecule has 0 N–H and O–H groups in total. The summed E-state index contributed by atoms with van der Waals surface area (Å²) < 4.78 is 0. The van der Waals surface area contributed by atoms with Crippen LogP contribution in [0, 0.1) is 0 Å². The highest BCUT2D eigenvalue weighted by atomic mass is 16.2. The van der Waals surface area contributed by atoms with Gasteiger partial charge in [0.25, 0.3) is 0 Å². The molecule has 0 atom stereocenters. The maximum Gasteiger partial charge on any atom is 0.236 e. The molecule has 3 aliphatic heterocycles. The first kappa shape index (κ1) is 18.4. The molecule has 6 nitrogen and oxygen atoms in total. The quantitative estimate of drug-likeness (QED) is 0.792. The predicted molar refractivity (Wildman–Crippen MR) is 110 cm³/mol. The van der Waals surface area contributed by atoms with E-state index < -0.39 is 0 Å². The number of nitrogens with zero attached hydrogens (tertiary/aromatic N) is 5. The monoisotopic (exact) mass is 383 g/mol. The van der Waals surface area contributed by atoms with Gasteiger partial charge >= 0.3 is 0 Å². The Hall–Kier alpha value is -1.66. The van der Waals surface area contributed by atoms with E-state index in [1.54, 1.807) is 0 Å². The minimum absolute atomic E-state index is 0.304. The SMILES string of the molecule is O=C(CN1CCc2nc(N3CCCC3)ccc2C1)N1CCN(C2CCC2)CC1. The van der Waals surface area contributed by atoms with Crippen LogP contribution in [0.3, 0.4) is 0 Å². The summed E-state index contributed by atoms with van der Waals surface area (Å²) in [4.78, 5) is 27.1. The van der Waals surface area contributed by atoms with Gasteiger partial charge in [-0.25, -0.2) is 4.98 Å². The van der Waals surface area contributed by atoms with Gasteiger partial charge in [-0.2, -0.15) is 0 Å². The lowest BCUT2D eigenvalue weighted by Gasteiger charge is -2.43. The maximum absolute atomic E-state index is 12.8. The molecule has 1 amide bonds. The van der Waals surface area contributed by atoms with Crippen LogP contribution in [0.1, 0.15) is 43.4 Å². The standard InChI is InChI=1S/C22H33N5O/c28-22(27-14-12-25(13-15-27)19-4-3-5-19)17-24-11-8-20-18(16-24)6-7-21(23-20)26-9-1-2-10-26/h6-7,19H,1-5,8-17H2. The van der Waals surface area contributed by atoms with Gasteiger partial charge in [0, 0.05) is 70.5 Å². The first-order valence-electron chi connectivity index (χ1n) is 11.2. The summed E-state index contributed by atoms with van der Waals surface area (Å²) in [7, 11) is 0. The number of anilines is 1. The number of carbonyl (C=O) groups excluding carboxylic acids is 1. The van der Waals surface area contributed by atoms with E-state index in [-0.39, 0.29) is 0 Å². The molecule has 0 spiro atoms. The fraction of sp³-hybridized carbons (Fsp3) is 0.727. The molecule has 3 fully saturated rings. The molecule has 0 radical (unpaired) electrons. The molecule has 2 saturated heterocycles. The summed E-state index contributed by atoms with van der Waals surface area (Å²) in [6, 6.07) is 5.22. The smallest absolute Gasteiger partial charge is 0.236 e. The molecule has 0 aromatic carbocycles. The number of aromatic nitrogens is 1. The van der Waals surface area contributed by atoms with Crippen molar-refractivity contribution >= 4 is 11.7 Å². The zero-order valence-electron chi connectivity index (χ0n) is 17.0. The molecule has 1 aromatic rings. The molecule has 6 heteroatoms. The van der Waals surface area contributed by atoms with Crippen LogP contribution in [0.25, 0.3) is 0 Å². The molecular weight excluding hydrogens is 350 g/mol. The van der Waals surface area contributed by atoms with E-state index in [0.717, 1.165) is 70.6 Å². The highest BCUT2D eigenvalue weighted by Crippen LogP contribution is 2.26. The second-order valence-corrected chi connectivity index (χ2v) is 8.93. The molecule has 4 heterocycles. The van der Waals surface area contributed by atoms with Crippen molar-refractivity contribution in [3.05, 3.63) is 23.4 Å². The molecular formula is C22H33N5O. The normalized spacial score (nSPS) is 24.3. The topological polar surface area (TPSA) is 42.9 Å². The molecule has 1 aromatic heterocycles. The average Bonchev–Trinajstić information content (AvgIpc) is 3.21. The predicted octanol–water partition coefficient (Wildman–Crippen LogP) is 1.74. The zero-order chi connectivity index (χ0) is 18.9. The Morgan fingerprint density at radius 1 is 0.964 bits per heavy atom. The molecule has 1 saturated carbocycles. The van der Waals surface area contributed by atoms with Crippen LogP contribution in [-0.4, -0.2) is 84.0 Å². The first-order chi connectivity index (χ1) is 13.8. The molecule has 0 unspecified atom stereocenters. The van der Waals surface area contributed by atoms with Crippen LogP contribution in [0.4, 0.5) is 5.82 Å². The van der Waals surface area contributed by atoms with Gasteiger partial charge in [0.1, 0.15) is 5.82 Å². The Morgan fingerprint density at radius 3 is 2.46 bits per heavy atom. The third-order valence-corrected chi connectivity index (χ3v) is 7.16. The van der Waals surface area contributed by atoms with Gasteiger partial charge in [-0.3, -0.25) is 14.6 Å². The zero-order valence-corrected chi connectivity index (χ0v) is 17.0. The number of hydrogen-bond donors (Lipinski definition) is 0. The Balaban J connectivity index is 1.14. The van der Waals surface area contributed by atoms with E-state index in [1.807, 2.05) is 0 Å². The van der Waals surface area contributed by atoms with Crippen LogP contribution in [-0.2, 0) is 17.8 Å². The largest absolute Gasteiger partial charge is 0.357 e. The summed E-state index contributed by atoms with van der Waals surface area (Å²) >= 11 is 0. The van der Waals surface area contributed by atoms with E-state index >= 15 is 0 Å². The third-order valence-electron chi connectivity index (χ3n) is 7.16. The second kappa shape index (κ2) is 7.99. The molecule has 4 aliphatic rings. The van der Waals surface area contributed by atoms with Crippen LogP contribution in [0.5, 0.6) is 0 Å². The fourth-order valence-electron chi connectivity index (χ4n) is 5.10. The van der Waals surface area contributed by atoms with Crippen molar-refractivity contribution in [2.24, 2.45) is 0 Å². The van der Waals surface area contributed by atoms with Crippen molar-refractivity contribution in [3.8, 4) is 0 Å². The number of amides is 1. The average molecular weight is 384 g/mol. The van der Waals surface area contributed by atoms with Crippen LogP contribution < -0.4 is 4.90 Å². The van der Waals surface area contributed by atoms with Gasteiger partial charge in [-0.1, -0.05) is 12.5 Å². The van der Waals surface area contributed by atoms with E-state index in [0.29, 0.717) is 12.5 Å². The number of hydrogen-bond acceptors (Lipinski definition) is 5. The first-order valence-corrected chi connectivity index (χ1v) is 11.2. The lowest BCUT2D eigenvalue weighted by atomic mass is 9.91. The number of fused-ring (bicyclic) bond motifs is 1. The minimum atomic E-state index is 0.304. The van der Waals surface area contributed by atoms with E-state index in [9.17, 15) is 4.79 Å². The van der Waals surface area contributed by atoms with Crippen LogP contribution in [0.15, 0.2) is 12.1 Å². The van der Waals surface area contributed by atoms with Crippen molar-refractivity contribution < 1.29 is 4.79 Å². The van der Waals surface area contributed by atoms with Crippen molar-refractivity contribution in [1.82, 2.24) is 19.7 Å². The van der Waals surface area contributed by atoms with Crippen molar-refractivity contribution in [2.75, 3.05) is 57.3 Å². The van der Waals surface area contributed by atoms with Gasteiger partial charge in [0.2, 0.25) is 5.91 Å². The molecule has 5 rings (SSSR count). The van der Waals surface area contributed by atoms with E-state index in [2.05, 4.69) is 31.7 Å². The Bertz CT molecular complexity index is 705. The highest BCUT2D eigenvalue weighted by Gasteiger charge is 2.30. The van der Waals surface area contributed by atoms with Gasteiger partial charge < -0.3 is 9.80 Å². The Kier molecular flexibility index (Phi) is 5.24. The summed E-state index contributed by atoms with van der Waals surface area (Å²) in [6.07, 6.45) is 7.62. The number of carbonyl (C=O) groups is 1. The van der Waals surface area contributed by atoms with Gasteiger partial charge in [-0.15, -0.1) is 0 Å². The lowest BCUT2D eigenvalue weighted by Crippen LogP contribution is -2.55. The minimum Gasteiger partial charge on any atom is -0.357 e. The Morgan fingerprint density at radius 2 is 1.75 bits per heavy atom. The van der Waals surface area contributed by atoms with E-state index in [4.69, 9.17) is 4.98 Å². The lowest BCUT2D eigenvalue weighted by molar-refractivity contribution is -0.135. The Labute approximate surface area is 168 Å². The molecule has 0 bridgehead atoms. The molecule has 152 valence electrons. The van der Waals surface area contributed by atoms with Crippen LogP contribution in [0.2, 0.25) is 0 Å². The molecule has 28 heavy (non-hydrogen) atoms. The van der Waals surface area contributed by atoms with Gasteiger partial charge in [0.15, 0.2) is 0 Å². The summed E-state index contributed by atoms with van der Waals surface area (Å²) in [5.41, 5.74) is 2.54. The van der Waals surface area contributed by atoms with Gasteiger partial charge in [0.05, 0.1) is 6.54 Å².